The summed E-state index contributed by atoms with van der Waals surface area (Å²) in [5.41, 5.74) is 0. The molecule has 0 N–H and O–H groups in total. The minimum absolute atomic E-state index is 0.590. The fourth-order valence-electron chi connectivity index (χ4n) is 5.46. The molecule has 0 bridgehead atoms. The number of rotatable bonds is 24. The van der Waals surface area contributed by atoms with Gasteiger partial charge in [-0.25, -0.2) is 0 Å². The number of hydrogen-bond acceptors (Lipinski definition) is 2. The Morgan fingerprint density at radius 3 is 1.00 bits per heavy atom. The largest absolute Gasteiger partial charge is 0.356 e. The van der Waals surface area contributed by atoms with Crippen molar-refractivity contribution in [1.82, 2.24) is 9.80 Å². The van der Waals surface area contributed by atoms with Gasteiger partial charge in [0.25, 0.3) is 0 Å². The summed E-state index contributed by atoms with van der Waals surface area (Å²) >= 11 is 0. The number of unbranched alkanes of at least 4 members (excludes halogenated alkanes) is 19. The zero-order valence-corrected chi connectivity index (χ0v) is 23.5. The van der Waals surface area contributed by atoms with Crippen LogP contribution in [0.15, 0.2) is 12.4 Å². The summed E-state index contributed by atoms with van der Waals surface area (Å²) < 4.78 is 0. The van der Waals surface area contributed by atoms with Crippen molar-refractivity contribution in [3.05, 3.63) is 12.4 Å². The Morgan fingerprint density at radius 1 is 0.455 bits per heavy atom. The third kappa shape index (κ3) is 15.8. The maximum Gasteiger partial charge on any atom is 0.103 e. The van der Waals surface area contributed by atoms with Crippen LogP contribution in [0, 0.1) is 5.92 Å². The molecule has 2 nitrogen and oxygen atoms in total. The normalized spacial score (nSPS) is 16.0. The van der Waals surface area contributed by atoms with Crippen molar-refractivity contribution in [1.29, 1.82) is 0 Å². The predicted molar refractivity (Wildman–Crippen MR) is 149 cm³/mol. The smallest absolute Gasteiger partial charge is 0.103 e. The van der Waals surface area contributed by atoms with Crippen molar-refractivity contribution < 1.29 is 0 Å². The van der Waals surface area contributed by atoms with Gasteiger partial charge in [-0.15, -0.1) is 0 Å². The first-order valence-corrected chi connectivity index (χ1v) is 15.4. The Labute approximate surface area is 210 Å². The zero-order valence-electron chi connectivity index (χ0n) is 23.5. The summed E-state index contributed by atoms with van der Waals surface area (Å²) in [6, 6.07) is 0. The van der Waals surface area contributed by atoms with Gasteiger partial charge in [-0.05, 0) is 18.8 Å². The molecule has 0 saturated heterocycles. The van der Waals surface area contributed by atoms with Gasteiger partial charge < -0.3 is 9.80 Å². The molecule has 1 atom stereocenters. The minimum Gasteiger partial charge on any atom is -0.356 e. The van der Waals surface area contributed by atoms with Crippen molar-refractivity contribution in [3.63, 3.8) is 0 Å². The lowest BCUT2D eigenvalue weighted by Gasteiger charge is -2.36. The van der Waals surface area contributed by atoms with Crippen molar-refractivity contribution in [2.75, 3.05) is 13.1 Å². The van der Waals surface area contributed by atoms with E-state index in [0.29, 0.717) is 12.1 Å². The van der Waals surface area contributed by atoms with E-state index in [9.17, 15) is 0 Å². The molecule has 0 saturated carbocycles. The summed E-state index contributed by atoms with van der Waals surface area (Å²) in [6.07, 6.45) is 35.3. The molecule has 1 aliphatic rings. The lowest BCUT2D eigenvalue weighted by molar-refractivity contribution is 0.104. The van der Waals surface area contributed by atoms with Crippen LogP contribution in [0.5, 0.6) is 0 Å². The van der Waals surface area contributed by atoms with Gasteiger partial charge in [0.2, 0.25) is 0 Å². The van der Waals surface area contributed by atoms with E-state index in [0.717, 1.165) is 0 Å². The highest BCUT2D eigenvalue weighted by atomic mass is 15.4. The van der Waals surface area contributed by atoms with E-state index in [-0.39, 0.29) is 0 Å². The molecule has 0 spiro atoms. The molecule has 2 heteroatoms. The summed E-state index contributed by atoms with van der Waals surface area (Å²) in [5, 5.41) is 0. The molecule has 1 heterocycles. The van der Waals surface area contributed by atoms with Crippen LogP contribution in [0.2, 0.25) is 0 Å². The Morgan fingerprint density at radius 2 is 0.727 bits per heavy atom. The first-order valence-electron chi connectivity index (χ1n) is 15.4. The maximum atomic E-state index is 2.63. The summed E-state index contributed by atoms with van der Waals surface area (Å²) in [4.78, 5) is 5.26. The molecule has 0 aromatic rings. The lowest BCUT2D eigenvalue weighted by Crippen LogP contribution is -2.43. The standard InChI is InChI=1S/C31H62N2/c1-5-7-9-11-13-14-15-16-17-18-19-21-23-25-27-33-29-28-32(31(33)30(3)4)26-24-22-20-12-10-8-6-2/h28-31H,5-27H2,1-4H3. The molecule has 0 fully saturated rings. The topological polar surface area (TPSA) is 6.48 Å². The fourth-order valence-corrected chi connectivity index (χ4v) is 5.46. The van der Waals surface area contributed by atoms with Gasteiger partial charge in [-0.2, -0.15) is 0 Å². The highest BCUT2D eigenvalue weighted by molar-refractivity contribution is 4.98. The zero-order chi connectivity index (χ0) is 24.0. The van der Waals surface area contributed by atoms with Crippen LogP contribution in [0.25, 0.3) is 0 Å². The van der Waals surface area contributed by atoms with E-state index in [1.54, 1.807) is 0 Å². The number of hydrogen-bond donors (Lipinski definition) is 0. The fraction of sp³-hybridized carbons (Fsp3) is 0.935. The molecule has 33 heavy (non-hydrogen) atoms. The van der Waals surface area contributed by atoms with E-state index < -0.39 is 0 Å². The van der Waals surface area contributed by atoms with Crippen LogP contribution in [0.3, 0.4) is 0 Å². The molecule has 1 rings (SSSR count). The van der Waals surface area contributed by atoms with Gasteiger partial charge in [0.15, 0.2) is 0 Å². The van der Waals surface area contributed by atoms with E-state index in [4.69, 9.17) is 0 Å². The van der Waals surface area contributed by atoms with Crippen LogP contribution in [-0.4, -0.2) is 29.1 Å². The van der Waals surface area contributed by atoms with Crippen LogP contribution in [0.4, 0.5) is 0 Å². The number of nitrogens with zero attached hydrogens (tertiary/aromatic N) is 2. The molecular formula is C31H62N2. The van der Waals surface area contributed by atoms with Crippen LogP contribution >= 0.6 is 0 Å². The maximum absolute atomic E-state index is 2.63. The summed E-state index contributed by atoms with van der Waals surface area (Å²) in [7, 11) is 0. The Hall–Kier alpha value is -0.660. The lowest BCUT2D eigenvalue weighted by atomic mass is 10.0. The highest BCUT2D eigenvalue weighted by Gasteiger charge is 2.28. The minimum atomic E-state index is 0.590. The van der Waals surface area contributed by atoms with Crippen molar-refractivity contribution in [2.45, 2.75) is 169 Å². The molecule has 0 aromatic carbocycles. The first-order chi connectivity index (χ1) is 16.2. The second-order valence-electron chi connectivity index (χ2n) is 11.1. The molecule has 0 aliphatic carbocycles. The van der Waals surface area contributed by atoms with Crippen molar-refractivity contribution in [3.8, 4) is 0 Å². The van der Waals surface area contributed by atoms with Gasteiger partial charge in [-0.1, -0.05) is 150 Å². The predicted octanol–water partition coefficient (Wildman–Crippen LogP) is 10.3. The second-order valence-corrected chi connectivity index (χ2v) is 11.1. The quantitative estimate of drug-likeness (QED) is 0.132. The summed E-state index contributed by atoms with van der Waals surface area (Å²) in [6.45, 7) is 11.9. The molecular weight excluding hydrogens is 400 g/mol. The molecule has 196 valence electrons. The average molecular weight is 463 g/mol. The SMILES string of the molecule is CCCCCCCCCCCCCCCCN1C=CN(CCCCCCCCC)C1C(C)C. The molecule has 1 aliphatic heterocycles. The van der Waals surface area contributed by atoms with Gasteiger partial charge in [0.1, 0.15) is 6.17 Å². The van der Waals surface area contributed by atoms with Gasteiger partial charge >= 0.3 is 0 Å². The van der Waals surface area contributed by atoms with Gasteiger partial charge in [-0.3, -0.25) is 0 Å². The van der Waals surface area contributed by atoms with Crippen LogP contribution in [-0.2, 0) is 0 Å². The van der Waals surface area contributed by atoms with Crippen molar-refractivity contribution >= 4 is 0 Å². The Kier molecular flexibility index (Phi) is 20.1. The van der Waals surface area contributed by atoms with E-state index in [1.807, 2.05) is 0 Å². The van der Waals surface area contributed by atoms with E-state index in [2.05, 4.69) is 49.9 Å². The van der Waals surface area contributed by atoms with Crippen LogP contribution < -0.4 is 0 Å². The second kappa shape index (κ2) is 21.8. The molecule has 0 radical (unpaired) electrons. The average Bonchev–Trinajstić information content (AvgIpc) is 3.21. The third-order valence-electron chi connectivity index (χ3n) is 7.52. The first kappa shape index (κ1) is 30.4. The van der Waals surface area contributed by atoms with E-state index in [1.165, 1.54) is 148 Å². The van der Waals surface area contributed by atoms with Crippen LogP contribution in [0.1, 0.15) is 163 Å². The molecule has 1 unspecified atom stereocenters. The Balaban J connectivity index is 2.00. The van der Waals surface area contributed by atoms with Crippen molar-refractivity contribution in [2.24, 2.45) is 5.92 Å². The molecule has 0 amide bonds. The summed E-state index contributed by atoms with van der Waals surface area (Å²) in [5.74, 6) is 0.691. The molecule has 0 aromatic heterocycles. The third-order valence-corrected chi connectivity index (χ3v) is 7.52. The van der Waals surface area contributed by atoms with Gasteiger partial charge in [0, 0.05) is 25.5 Å². The monoisotopic (exact) mass is 462 g/mol. The van der Waals surface area contributed by atoms with E-state index >= 15 is 0 Å². The van der Waals surface area contributed by atoms with Gasteiger partial charge in [0.05, 0.1) is 0 Å². The Bertz CT molecular complexity index is 431. The highest BCUT2D eigenvalue weighted by Crippen LogP contribution is 2.24.